The van der Waals surface area contributed by atoms with Crippen LogP contribution in [0, 0.1) is 13.8 Å². The van der Waals surface area contributed by atoms with E-state index in [1.165, 1.54) is 12.4 Å². The van der Waals surface area contributed by atoms with Gasteiger partial charge >= 0.3 is 0 Å². The van der Waals surface area contributed by atoms with Crippen molar-refractivity contribution in [1.82, 2.24) is 9.88 Å². The highest BCUT2D eigenvalue weighted by atomic mass is 35.5. The first-order valence-corrected chi connectivity index (χ1v) is 8.57. The van der Waals surface area contributed by atoms with Gasteiger partial charge < -0.3 is 10.2 Å². The molecule has 25 heavy (non-hydrogen) atoms. The van der Waals surface area contributed by atoms with Crippen LogP contribution in [0.15, 0.2) is 30.6 Å². The Labute approximate surface area is 153 Å². The third-order valence-corrected chi connectivity index (χ3v) is 4.27. The molecule has 0 fully saturated rings. The van der Waals surface area contributed by atoms with Crippen LogP contribution < -0.4 is 5.32 Å². The summed E-state index contributed by atoms with van der Waals surface area (Å²) in [7, 11) is 0. The number of anilines is 1. The smallest absolute Gasteiger partial charge is 0.257 e. The van der Waals surface area contributed by atoms with Crippen molar-refractivity contribution < 1.29 is 9.59 Å². The van der Waals surface area contributed by atoms with Crippen molar-refractivity contribution in [2.45, 2.75) is 27.7 Å². The van der Waals surface area contributed by atoms with Gasteiger partial charge in [0.1, 0.15) is 0 Å². The highest BCUT2D eigenvalue weighted by molar-refractivity contribution is 6.34. The number of pyridine rings is 1. The van der Waals surface area contributed by atoms with E-state index in [0.29, 0.717) is 34.9 Å². The maximum absolute atomic E-state index is 12.6. The summed E-state index contributed by atoms with van der Waals surface area (Å²) in [6, 6.07) is 5.29. The van der Waals surface area contributed by atoms with Crippen molar-refractivity contribution in [2.24, 2.45) is 0 Å². The fourth-order valence-electron chi connectivity index (χ4n) is 2.63. The maximum Gasteiger partial charge on any atom is 0.257 e. The fraction of sp³-hybridized carbons (Fsp3) is 0.316. The number of hydrogen-bond acceptors (Lipinski definition) is 3. The van der Waals surface area contributed by atoms with Crippen LogP contribution in [0.5, 0.6) is 0 Å². The van der Waals surface area contributed by atoms with Crippen LogP contribution in [0.4, 0.5) is 5.69 Å². The van der Waals surface area contributed by atoms with Crippen LogP contribution in [0.1, 0.15) is 45.7 Å². The topological polar surface area (TPSA) is 62.3 Å². The van der Waals surface area contributed by atoms with Gasteiger partial charge in [0.2, 0.25) is 0 Å². The number of halogens is 1. The Hall–Kier alpha value is -2.40. The van der Waals surface area contributed by atoms with Crippen molar-refractivity contribution in [1.29, 1.82) is 0 Å². The first-order valence-electron chi connectivity index (χ1n) is 8.19. The lowest BCUT2D eigenvalue weighted by atomic mass is 10.1. The van der Waals surface area contributed by atoms with Gasteiger partial charge in [-0.1, -0.05) is 17.7 Å². The largest absolute Gasteiger partial charge is 0.339 e. The Morgan fingerprint density at radius 1 is 1.08 bits per heavy atom. The molecule has 0 spiro atoms. The van der Waals surface area contributed by atoms with E-state index in [1.54, 1.807) is 17.0 Å². The second kappa shape index (κ2) is 8.12. The zero-order valence-electron chi connectivity index (χ0n) is 14.9. The summed E-state index contributed by atoms with van der Waals surface area (Å²) >= 11 is 6.24. The van der Waals surface area contributed by atoms with Gasteiger partial charge in [0.05, 0.1) is 21.8 Å². The zero-order chi connectivity index (χ0) is 18.6. The lowest BCUT2D eigenvalue weighted by Crippen LogP contribution is -2.30. The van der Waals surface area contributed by atoms with E-state index >= 15 is 0 Å². The van der Waals surface area contributed by atoms with Gasteiger partial charge in [0.25, 0.3) is 11.8 Å². The Morgan fingerprint density at radius 3 is 2.32 bits per heavy atom. The normalized spacial score (nSPS) is 10.4. The minimum atomic E-state index is -0.351. The highest BCUT2D eigenvalue weighted by Crippen LogP contribution is 2.27. The van der Waals surface area contributed by atoms with Gasteiger partial charge in [-0.05, 0) is 51.0 Å². The number of carbonyl (C=O) groups excluding carboxylic acids is 2. The molecule has 5 nitrogen and oxygen atoms in total. The molecular formula is C19H22ClN3O2. The summed E-state index contributed by atoms with van der Waals surface area (Å²) in [6.45, 7) is 8.85. The Bertz CT molecular complexity index is 778. The van der Waals surface area contributed by atoms with Crippen LogP contribution >= 0.6 is 11.6 Å². The average Bonchev–Trinajstić information content (AvgIpc) is 2.59. The zero-order valence-corrected chi connectivity index (χ0v) is 15.6. The number of amides is 2. The third kappa shape index (κ3) is 4.37. The first kappa shape index (κ1) is 18.9. The lowest BCUT2D eigenvalue weighted by Gasteiger charge is -2.18. The Balaban J connectivity index is 2.26. The molecule has 2 aromatic rings. The summed E-state index contributed by atoms with van der Waals surface area (Å²) in [5.74, 6) is -0.493. The minimum absolute atomic E-state index is 0.142. The molecule has 0 atom stereocenters. The number of benzene rings is 1. The van der Waals surface area contributed by atoms with Crippen molar-refractivity contribution in [3.63, 3.8) is 0 Å². The monoisotopic (exact) mass is 359 g/mol. The van der Waals surface area contributed by atoms with Crippen LogP contribution in [-0.4, -0.2) is 34.8 Å². The van der Waals surface area contributed by atoms with Gasteiger partial charge in [0.15, 0.2) is 0 Å². The molecule has 0 saturated heterocycles. The molecule has 0 aliphatic heterocycles. The number of aromatic nitrogens is 1. The van der Waals surface area contributed by atoms with E-state index in [-0.39, 0.29) is 11.8 Å². The lowest BCUT2D eigenvalue weighted by molar-refractivity contribution is 0.0772. The van der Waals surface area contributed by atoms with Crippen LogP contribution in [0.3, 0.4) is 0 Å². The summed E-state index contributed by atoms with van der Waals surface area (Å²) in [6.07, 6.45) is 2.91. The molecule has 2 rings (SSSR count). The average molecular weight is 360 g/mol. The fourth-order valence-corrected chi connectivity index (χ4v) is 3.00. The summed E-state index contributed by atoms with van der Waals surface area (Å²) in [5.41, 5.74) is 3.17. The Kier molecular flexibility index (Phi) is 6.15. The van der Waals surface area contributed by atoms with E-state index in [4.69, 9.17) is 11.6 Å². The van der Waals surface area contributed by atoms with Gasteiger partial charge in [-0.2, -0.15) is 0 Å². The van der Waals surface area contributed by atoms with Crippen LogP contribution in [0.25, 0.3) is 0 Å². The molecule has 1 aromatic carbocycles. The summed E-state index contributed by atoms with van der Waals surface area (Å²) in [5, 5.41) is 3.29. The minimum Gasteiger partial charge on any atom is -0.339 e. The second-order valence-corrected chi connectivity index (χ2v) is 6.24. The third-order valence-electron chi connectivity index (χ3n) is 3.97. The molecule has 1 N–H and O–H groups in total. The summed E-state index contributed by atoms with van der Waals surface area (Å²) < 4.78 is 0. The van der Waals surface area contributed by atoms with E-state index in [2.05, 4.69) is 10.3 Å². The van der Waals surface area contributed by atoms with Crippen LogP contribution in [0.2, 0.25) is 5.02 Å². The van der Waals surface area contributed by atoms with Gasteiger partial charge in [0, 0.05) is 25.5 Å². The molecule has 0 bridgehead atoms. The van der Waals surface area contributed by atoms with Crippen molar-refractivity contribution in [2.75, 3.05) is 18.4 Å². The van der Waals surface area contributed by atoms with Gasteiger partial charge in [-0.15, -0.1) is 0 Å². The van der Waals surface area contributed by atoms with Gasteiger partial charge in [-0.25, -0.2) is 0 Å². The van der Waals surface area contributed by atoms with Crippen molar-refractivity contribution in [3.05, 3.63) is 57.9 Å². The van der Waals surface area contributed by atoms with Crippen molar-refractivity contribution >= 4 is 29.1 Å². The molecule has 0 unspecified atom stereocenters. The maximum atomic E-state index is 12.6. The molecule has 6 heteroatoms. The van der Waals surface area contributed by atoms with Crippen molar-refractivity contribution in [3.8, 4) is 0 Å². The molecule has 0 radical (unpaired) electrons. The first-order chi connectivity index (χ1) is 11.9. The molecule has 0 aliphatic rings. The Morgan fingerprint density at radius 2 is 1.72 bits per heavy atom. The SMILES string of the molecule is CCN(CC)C(=O)c1cncc(C(=O)Nc2c(C)cc(C)cc2Cl)c1. The number of rotatable bonds is 5. The van der Waals surface area contributed by atoms with E-state index in [1.807, 2.05) is 33.8 Å². The van der Waals surface area contributed by atoms with E-state index < -0.39 is 0 Å². The number of nitrogens with zero attached hydrogens (tertiary/aromatic N) is 2. The number of hydrogen-bond donors (Lipinski definition) is 1. The number of nitrogens with one attached hydrogen (secondary N) is 1. The summed E-state index contributed by atoms with van der Waals surface area (Å²) in [4.78, 5) is 30.7. The molecule has 2 amide bonds. The number of aryl methyl sites for hydroxylation is 2. The number of carbonyl (C=O) groups is 2. The highest BCUT2D eigenvalue weighted by Gasteiger charge is 2.16. The van der Waals surface area contributed by atoms with Crippen LogP contribution in [-0.2, 0) is 0 Å². The molecule has 1 aromatic heterocycles. The second-order valence-electron chi connectivity index (χ2n) is 5.83. The van der Waals surface area contributed by atoms with E-state index in [9.17, 15) is 9.59 Å². The molecule has 0 aliphatic carbocycles. The van der Waals surface area contributed by atoms with E-state index in [0.717, 1.165) is 11.1 Å². The predicted molar refractivity (Wildman–Crippen MR) is 100 cm³/mol. The molecular weight excluding hydrogens is 338 g/mol. The standard InChI is InChI=1S/C19H22ClN3O2/c1-5-23(6-2)19(25)15-9-14(10-21-11-15)18(24)22-17-13(4)7-12(3)8-16(17)20/h7-11H,5-6H2,1-4H3,(H,22,24). The van der Waals surface area contributed by atoms with Gasteiger partial charge in [-0.3, -0.25) is 14.6 Å². The molecule has 132 valence electrons. The predicted octanol–water partition coefficient (Wildman–Crippen LogP) is 4.09. The molecule has 0 saturated carbocycles. The molecule has 1 heterocycles. The quantitative estimate of drug-likeness (QED) is 0.874.